The molecule has 0 radical (unpaired) electrons. The van der Waals surface area contributed by atoms with E-state index in [1.54, 1.807) is 0 Å². The van der Waals surface area contributed by atoms with Crippen molar-refractivity contribution in [3.63, 3.8) is 0 Å². The van der Waals surface area contributed by atoms with Crippen molar-refractivity contribution in [2.45, 2.75) is 4.90 Å². The molecule has 9 heteroatoms. The Morgan fingerprint density at radius 2 is 2.11 bits per heavy atom. The first-order chi connectivity index (χ1) is 8.71. The van der Waals surface area contributed by atoms with E-state index < -0.39 is 38.1 Å². The number of hydrogen-bond donors (Lipinski definition) is 2. The number of sulfonamides is 1. The Kier molecular flexibility index (Phi) is 5.15. The lowest BCUT2D eigenvalue weighted by atomic mass is 10.2. The second-order valence-electron chi connectivity index (χ2n) is 3.72. The summed E-state index contributed by atoms with van der Waals surface area (Å²) in [5.41, 5.74) is -0.423. The Morgan fingerprint density at radius 3 is 2.63 bits per heavy atom. The van der Waals surface area contributed by atoms with Gasteiger partial charge in [-0.25, -0.2) is 17.9 Å². The third-order valence-corrected chi connectivity index (χ3v) is 3.88. The number of carbonyl (C=O) groups excluding carboxylic acids is 1. The number of benzene rings is 1. The van der Waals surface area contributed by atoms with Gasteiger partial charge in [0.1, 0.15) is 5.82 Å². The maximum atomic E-state index is 13.4. The first-order valence-electron chi connectivity index (χ1n) is 5.12. The molecule has 1 atom stereocenters. The molecule has 0 aliphatic heterocycles. The van der Waals surface area contributed by atoms with E-state index in [0.717, 1.165) is 18.2 Å². The van der Waals surface area contributed by atoms with Gasteiger partial charge in [0.2, 0.25) is 10.0 Å². The van der Waals surface area contributed by atoms with Crippen LogP contribution in [0.1, 0.15) is 10.4 Å². The SMILES string of the molecule is CS(=O)CCNC(=O)c1cc(S(N)(=O)=O)ccc1F. The van der Waals surface area contributed by atoms with Crippen molar-refractivity contribution in [3.05, 3.63) is 29.6 Å². The molecule has 0 heterocycles. The van der Waals surface area contributed by atoms with E-state index in [1.165, 1.54) is 6.26 Å². The normalized spacial score (nSPS) is 13.0. The summed E-state index contributed by atoms with van der Waals surface area (Å²) < 4.78 is 46.5. The number of nitrogens with two attached hydrogens (primary N) is 1. The lowest BCUT2D eigenvalue weighted by Gasteiger charge is -2.06. The van der Waals surface area contributed by atoms with E-state index in [9.17, 15) is 21.8 Å². The minimum atomic E-state index is -4.00. The molecule has 6 nitrogen and oxygen atoms in total. The highest BCUT2D eigenvalue weighted by Crippen LogP contribution is 2.13. The van der Waals surface area contributed by atoms with Crippen LogP contribution in [-0.2, 0) is 20.8 Å². The predicted octanol–water partition coefficient (Wildman–Crippen LogP) is -0.419. The van der Waals surface area contributed by atoms with Gasteiger partial charge in [0.15, 0.2) is 0 Å². The van der Waals surface area contributed by atoms with Crippen LogP contribution in [0.4, 0.5) is 4.39 Å². The molecule has 0 spiro atoms. The van der Waals surface area contributed by atoms with E-state index in [0.29, 0.717) is 0 Å². The highest BCUT2D eigenvalue weighted by Gasteiger charge is 2.16. The molecule has 0 aliphatic rings. The second-order valence-corrected chi connectivity index (χ2v) is 6.84. The number of carbonyl (C=O) groups is 1. The average Bonchev–Trinajstić information content (AvgIpc) is 2.27. The number of primary sulfonamides is 1. The number of amides is 1. The van der Waals surface area contributed by atoms with Crippen molar-refractivity contribution in [3.8, 4) is 0 Å². The molecule has 0 aliphatic carbocycles. The Morgan fingerprint density at radius 1 is 1.47 bits per heavy atom. The molecule has 0 aromatic heterocycles. The smallest absolute Gasteiger partial charge is 0.254 e. The largest absolute Gasteiger partial charge is 0.351 e. The van der Waals surface area contributed by atoms with Crippen molar-refractivity contribution in [2.75, 3.05) is 18.6 Å². The molecule has 1 rings (SSSR count). The monoisotopic (exact) mass is 308 g/mol. The summed E-state index contributed by atoms with van der Waals surface area (Å²) in [6.07, 6.45) is 1.47. The summed E-state index contributed by atoms with van der Waals surface area (Å²) in [4.78, 5) is 11.3. The molecule has 0 fully saturated rings. The van der Waals surface area contributed by atoms with Gasteiger partial charge in [-0.05, 0) is 18.2 Å². The molecular formula is C10H13FN2O4S2. The van der Waals surface area contributed by atoms with Crippen LogP contribution in [0.25, 0.3) is 0 Å². The molecule has 1 unspecified atom stereocenters. The molecular weight excluding hydrogens is 295 g/mol. The van der Waals surface area contributed by atoms with Crippen LogP contribution in [0.2, 0.25) is 0 Å². The quantitative estimate of drug-likeness (QED) is 0.770. The van der Waals surface area contributed by atoms with Crippen molar-refractivity contribution >= 4 is 26.7 Å². The molecule has 1 aromatic rings. The Hall–Kier alpha value is -1.32. The fraction of sp³-hybridized carbons (Fsp3) is 0.300. The van der Waals surface area contributed by atoms with Gasteiger partial charge >= 0.3 is 0 Å². The van der Waals surface area contributed by atoms with Crippen LogP contribution in [0.5, 0.6) is 0 Å². The summed E-state index contributed by atoms with van der Waals surface area (Å²) in [6, 6.07) is 2.69. The number of halogens is 1. The van der Waals surface area contributed by atoms with Crippen LogP contribution >= 0.6 is 0 Å². The zero-order valence-corrected chi connectivity index (χ0v) is 11.7. The molecule has 0 saturated heterocycles. The molecule has 0 saturated carbocycles. The van der Waals surface area contributed by atoms with E-state index in [2.05, 4.69) is 5.32 Å². The highest BCUT2D eigenvalue weighted by molar-refractivity contribution is 7.89. The topological polar surface area (TPSA) is 106 Å². The van der Waals surface area contributed by atoms with Crippen LogP contribution in [0.3, 0.4) is 0 Å². The third-order valence-electron chi connectivity index (χ3n) is 2.19. The summed E-state index contributed by atoms with van der Waals surface area (Å²) in [6.45, 7) is 0.0982. The Balaban J connectivity index is 2.93. The first kappa shape index (κ1) is 15.7. The van der Waals surface area contributed by atoms with Crippen LogP contribution < -0.4 is 10.5 Å². The standard InChI is InChI=1S/C10H13FN2O4S2/c1-18(15)5-4-13-10(14)8-6-7(19(12,16)17)2-3-9(8)11/h2-3,6H,4-5H2,1H3,(H,13,14)(H2,12,16,17). The summed E-state index contributed by atoms with van der Waals surface area (Å²) >= 11 is 0. The number of hydrogen-bond acceptors (Lipinski definition) is 4. The van der Waals surface area contributed by atoms with Gasteiger partial charge in [0, 0.05) is 29.4 Å². The van der Waals surface area contributed by atoms with Gasteiger partial charge in [0.05, 0.1) is 10.5 Å². The minimum Gasteiger partial charge on any atom is -0.351 e. The average molecular weight is 308 g/mol. The van der Waals surface area contributed by atoms with Crippen molar-refractivity contribution in [1.82, 2.24) is 5.32 Å². The fourth-order valence-electron chi connectivity index (χ4n) is 1.26. The van der Waals surface area contributed by atoms with E-state index >= 15 is 0 Å². The molecule has 3 N–H and O–H groups in total. The van der Waals surface area contributed by atoms with E-state index in [-0.39, 0.29) is 17.2 Å². The van der Waals surface area contributed by atoms with Gasteiger partial charge in [-0.1, -0.05) is 0 Å². The zero-order valence-electron chi connectivity index (χ0n) is 10.1. The molecule has 1 amide bonds. The van der Waals surface area contributed by atoms with Gasteiger partial charge in [0.25, 0.3) is 5.91 Å². The first-order valence-corrected chi connectivity index (χ1v) is 8.39. The lowest BCUT2D eigenvalue weighted by molar-refractivity contribution is 0.0952. The third kappa shape index (κ3) is 4.69. The summed E-state index contributed by atoms with van der Waals surface area (Å²) in [5, 5.41) is 7.24. The number of rotatable bonds is 5. The van der Waals surface area contributed by atoms with Gasteiger partial charge in [-0.2, -0.15) is 0 Å². The molecule has 1 aromatic carbocycles. The van der Waals surface area contributed by atoms with Crippen LogP contribution in [0.15, 0.2) is 23.1 Å². The van der Waals surface area contributed by atoms with Crippen LogP contribution in [-0.4, -0.2) is 37.1 Å². The van der Waals surface area contributed by atoms with E-state index in [1.807, 2.05) is 0 Å². The zero-order chi connectivity index (χ0) is 14.6. The Bertz CT molecular complexity index is 616. The highest BCUT2D eigenvalue weighted by atomic mass is 32.2. The minimum absolute atomic E-state index is 0.0982. The number of nitrogens with one attached hydrogen (secondary N) is 1. The van der Waals surface area contributed by atoms with E-state index in [4.69, 9.17) is 5.14 Å². The summed E-state index contributed by atoms with van der Waals surface area (Å²) in [7, 11) is -5.09. The van der Waals surface area contributed by atoms with Gasteiger partial charge in [-0.3, -0.25) is 9.00 Å². The lowest BCUT2D eigenvalue weighted by Crippen LogP contribution is -2.28. The summed E-state index contributed by atoms with van der Waals surface area (Å²) in [5.74, 6) is -1.42. The van der Waals surface area contributed by atoms with Crippen molar-refractivity contribution < 1.29 is 21.8 Å². The maximum absolute atomic E-state index is 13.4. The van der Waals surface area contributed by atoms with Crippen molar-refractivity contribution in [2.24, 2.45) is 5.14 Å². The van der Waals surface area contributed by atoms with Crippen LogP contribution in [0, 0.1) is 5.82 Å². The van der Waals surface area contributed by atoms with Crippen molar-refractivity contribution in [1.29, 1.82) is 0 Å². The fourth-order valence-corrected chi connectivity index (χ4v) is 2.19. The Labute approximate surface area is 112 Å². The molecule has 106 valence electrons. The molecule has 19 heavy (non-hydrogen) atoms. The van der Waals surface area contributed by atoms with Gasteiger partial charge in [-0.15, -0.1) is 0 Å². The maximum Gasteiger partial charge on any atom is 0.254 e. The predicted molar refractivity (Wildman–Crippen MR) is 69.0 cm³/mol. The molecule has 0 bridgehead atoms. The van der Waals surface area contributed by atoms with Gasteiger partial charge < -0.3 is 5.32 Å². The second kappa shape index (κ2) is 6.22.